The van der Waals surface area contributed by atoms with Crippen molar-refractivity contribution in [1.29, 1.82) is 0 Å². The SMILES string of the molecule is COc1cccc(C(=O)Nc2ccc(NCCc3ccc(Cl)cc3)nc2)c1. The average molecular weight is 382 g/mol. The number of hydrogen-bond donors (Lipinski definition) is 2. The topological polar surface area (TPSA) is 63.2 Å². The maximum absolute atomic E-state index is 12.3. The number of aromatic nitrogens is 1. The molecule has 0 aliphatic carbocycles. The Morgan fingerprint density at radius 2 is 1.93 bits per heavy atom. The minimum atomic E-state index is -0.209. The first-order valence-corrected chi connectivity index (χ1v) is 8.91. The van der Waals surface area contributed by atoms with Gasteiger partial charge in [0.05, 0.1) is 19.0 Å². The molecule has 0 atom stereocenters. The summed E-state index contributed by atoms with van der Waals surface area (Å²) in [5, 5.41) is 6.82. The van der Waals surface area contributed by atoms with E-state index >= 15 is 0 Å². The summed E-state index contributed by atoms with van der Waals surface area (Å²) in [6.45, 7) is 0.754. The maximum atomic E-state index is 12.3. The molecule has 0 fully saturated rings. The summed E-state index contributed by atoms with van der Waals surface area (Å²) >= 11 is 5.88. The van der Waals surface area contributed by atoms with Gasteiger partial charge in [-0.15, -0.1) is 0 Å². The summed E-state index contributed by atoms with van der Waals surface area (Å²) < 4.78 is 5.14. The zero-order valence-electron chi connectivity index (χ0n) is 14.9. The normalized spacial score (nSPS) is 10.3. The van der Waals surface area contributed by atoms with Crippen LogP contribution in [0.25, 0.3) is 0 Å². The quantitative estimate of drug-likeness (QED) is 0.625. The van der Waals surface area contributed by atoms with Gasteiger partial charge in [-0.2, -0.15) is 0 Å². The number of pyridine rings is 1. The lowest BCUT2D eigenvalue weighted by molar-refractivity contribution is 0.102. The van der Waals surface area contributed by atoms with Crippen molar-refractivity contribution in [2.75, 3.05) is 24.3 Å². The molecule has 0 bridgehead atoms. The molecule has 3 rings (SSSR count). The van der Waals surface area contributed by atoms with Crippen LogP contribution >= 0.6 is 11.6 Å². The lowest BCUT2D eigenvalue weighted by Gasteiger charge is -2.09. The number of amides is 1. The van der Waals surface area contributed by atoms with Crippen molar-refractivity contribution >= 4 is 29.0 Å². The Balaban J connectivity index is 1.52. The highest BCUT2D eigenvalue weighted by Gasteiger charge is 2.07. The molecule has 3 aromatic rings. The fourth-order valence-corrected chi connectivity index (χ4v) is 2.65. The molecule has 6 heteroatoms. The zero-order chi connectivity index (χ0) is 19.1. The van der Waals surface area contributed by atoms with Crippen LogP contribution < -0.4 is 15.4 Å². The van der Waals surface area contributed by atoms with E-state index < -0.39 is 0 Å². The van der Waals surface area contributed by atoms with Gasteiger partial charge in [-0.3, -0.25) is 4.79 Å². The molecule has 2 aromatic carbocycles. The maximum Gasteiger partial charge on any atom is 0.255 e. The molecule has 2 N–H and O–H groups in total. The number of carbonyl (C=O) groups is 1. The predicted molar refractivity (Wildman–Crippen MR) is 109 cm³/mol. The molecule has 0 spiro atoms. The van der Waals surface area contributed by atoms with Gasteiger partial charge in [-0.05, 0) is 54.4 Å². The Kier molecular flexibility index (Phi) is 6.28. The first-order chi connectivity index (χ1) is 13.1. The Labute approximate surface area is 163 Å². The minimum absolute atomic E-state index is 0.209. The van der Waals surface area contributed by atoms with Crippen molar-refractivity contribution in [3.8, 4) is 5.75 Å². The molecule has 27 heavy (non-hydrogen) atoms. The van der Waals surface area contributed by atoms with Crippen molar-refractivity contribution in [3.05, 3.63) is 83.0 Å². The molecule has 0 radical (unpaired) electrons. The number of halogens is 1. The van der Waals surface area contributed by atoms with Gasteiger partial charge in [0, 0.05) is 17.1 Å². The van der Waals surface area contributed by atoms with E-state index in [0.29, 0.717) is 17.0 Å². The van der Waals surface area contributed by atoms with Gasteiger partial charge < -0.3 is 15.4 Å². The second-order valence-corrected chi connectivity index (χ2v) is 6.36. The van der Waals surface area contributed by atoms with Crippen LogP contribution in [-0.2, 0) is 6.42 Å². The number of benzene rings is 2. The molecule has 138 valence electrons. The summed E-state index contributed by atoms with van der Waals surface area (Å²) in [5.41, 5.74) is 2.36. The van der Waals surface area contributed by atoms with Gasteiger partial charge in [-0.1, -0.05) is 29.8 Å². The first-order valence-electron chi connectivity index (χ1n) is 8.54. The van der Waals surface area contributed by atoms with Gasteiger partial charge in [0.1, 0.15) is 11.6 Å². The Morgan fingerprint density at radius 1 is 1.11 bits per heavy atom. The third-order valence-corrected chi connectivity index (χ3v) is 4.24. The Morgan fingerprint density at radius 3 is 2.63 bits per heavy atom. The largest absolute Gasteiger partial charge is 0.497 e. The highest BCUT2D eigenvalue weighted by Crippen LogP contribution is 2.16. The van der Waals surface area contributed by atoms with Gasteiger partial charge in [0.25, 0.3) is 5.91 Å². The second kappa shape index (κ2) is 9.05. The standard InChI is InChI=1S/C21H20ClN3O2/c1-27-19-4-2-3-16(13-19)21(26)25-18-9-10-20(24-14-18)23-12-11-15-5-7-17(22)8-6-15/h2-10,13-14H,11-12H2,1H3,(H,23,24)(H,25,26). The van der Waals surface area contributed by atoms with Crippen molar-refractivity contribution < 1.29 is 9.53 Å². The van der Waals surface area contributed by atoms with E-state index in [9.17, 15) is 4.79 Å². The zero-order valence-corrected chi connectivity index (χ0v) is 15.7. The number of methoxy groups -OCH3 is 1. The number of nitrogens with zero attached hydrogens (tertiary/aromatic N) is 1. The van der Waals surface area contributed by atoms with Crippen LogP contribution in [0, 0.1) is 0 Å². The van der Waals surface area contributed by atoms with Gasteiger partial charge in [0.15, 0.2) is 0 Å². The smallest absolute Gasteiger partial charge is 0.255 e. The number of anilines is 2. The van der Waals surface area contributed by atoms with Crippen LogP contribution in [0.5, 0.6) is 5.75 Å². The van der Waals surface area contributed by atoms with E-state index in [2.05, 4.69) is 15.6 Å². The lowest BCUT2D eigenvalue weighted by Crippen LogP contribution is -2.12. The number of ether oxygens (including phenoxy) is 1. The van der Waals surface area contributed by atoms with E-state index in [1.807, 2.05) is 36.4 Å². The summed E-state index contributed by atoms with van der Waals surface area (Å²) in [4.78, 5) is 16.6. The molecule has 1 aromatic heterocycles. The third-order valence-electron chi connectivity index (χ3n) is 3.99. The average Bonchev–Trinajstić information content (AvgIpc) is 2.71. The Bertz CT molecular complexity index is 896. The molecule has 0 unspecified atom stereocenters. The summed E-state index contributed by atoms with van der Waals surface area (Å²) in [6.07, 6.45) is 2.50. The van der Waals surface area contributed by atoms with E-state index in [-0.39, 0.29) is 5.91 Å². The number of nitrogens with one attached hydrogen (secondary N) is 2. The molecular formula is C21H20ClN3O2. The highest BCUT2D eigenvalue weighted by molar-refractivity contribution is 6.30. The number of hydrogen-bond acceptors (Lipinski definition) is 4. The number of carbonyl (C=O) groups excluding carboxylic acids is 1. The third kappa shape index (κ3) is 5.46. The van der Waals surface area contributed by atoms with Gasteiger partial charge >= 0.3 is 0 Å². The lowest BCUT2D eigenvalue weighted by atomic mass is 10.1. The van der Waals surface area contributed by atoms with Crippen LogP contribution in [0.2, 0.25) is 5.02 Å². The minimum Gasteiger partial charge on any atom is -0.497 e. The predicted octanol–water partition coefficient (Wildman–Crippen LogP) is 4.65. The van der Waals surface area contributed by atoms with Crippen LogP contribution in [0.15, 0.2) is 66.9 Å². The van der Waals surface area contributed by atoms with Crippen LogP contribution in [0.1, 0.15) is 15.9 Å². The molecule has 0 saturated heterocycles. The van der Waals surface area contributed by atoms with Crippen LogP contribution in [0.4, 0.5) is 11.5 Å². The monoisotopic (exact) mass is 381 g/mol. The molecular weight excluding hydrogens is 362 g/mol. The second-order valence-electron chi connectivity index (χ2n) is 5.92. The molecule has 5 nitrogen and oxygen atoms in total. The van der Waals surface area contributed by atoms with Crippen LogP contribution in [-0.4, -0.2) is 24.5 Å². The van der Waals surface area contributed by atoms with Crippen molar-refractivity contribution in [1.82, 2.24) is 4.98 Å². The van der Waals surface area contributed by atoms with Crippen molar-refractivity contribution in [2.45, 2.75) is 6.42 Å². The molecule has 1 heterocycles. The summed E-state index contributed by atoms with van der Waals surface area (Å²) in [6, 6.07) is 18.4. The van der Waals surface area contributed by atoms with E-state index in [4.69, 9.17) is 16.3 Å². The fourth-order valence-electron chi connectivity index (χ4n) is 2.53. The first kappa shape index (κ1) is 18.7. The van der Waals surface area contributed by atoms with Gasteiger partial charge in [-0.25, -0.2) is 4.98 Å². The highest BCUT2D eigenvalue weighted by atomic mass is 35.5. The van der Waals surface area contributed by atoms with Crippen LogP contribution in [0.3, 0.4) is 0 Å². The summed E-state index contributed by atoms with van der Waals surface area (Å²) in [5.74, 6) is 1.18. The molecule has 0 aliphatic rings. The molecule has 1 amide bonds. The molecule has 0 aliphatic heterocycles. The summed E-state index contributed by atoms with van der Waals surface area (Å²) in [7, 11) is 1.57. The number of rotatable bonds is 7. The Hall–Kier alpha value is -3.05. The van der Waals surface area contributed by atoms with Crippen molar-refractivity contribution in [2.24, 2.45) is 0 Å². The fraction of sp³-hybridized carbons (Fsp3) is 0.143. The van der Waals surface area contributed by atoms with E-state index in [1.54, 1.807) is 37.6 Å². The van der Waals surface area contributed by atoms with E-state index in [1.165, 1.54) is 5.56 Å². The van der Waals surface area contributed by atoms with Gasteiger partial charge in [0.2, 0.25) is 0 Å². The van der Waals surface area contributed by atoms with E-state index in [0.717, 1.165) is 23.8 Å². The van der Waals surface area contributed by atoms with Crippen molar-refractivity contribution in [3.63, 3.8) is 0 Å². The molecule has 0 saturated carbocycles.